The molecule has 0 unspecified atom stereocenters. The van der Waals surface area contributed by atoms with Gasteiger partial charge in [-0.25, -0.2) is 0 Å². The molecular weight excluding hydrogens is 228 g/mol. The summed E-state index contributed by atoms with van der Waals surface area (Å²) in [7, 11) is 0. The van der Waals surface area contributed by atoms with Crippen molar-refractivity contribution in [2.75, 3.05) is 0 Å². The molecule has 0 saturated carbocycles. The summed E-state index contributed by atoms with van der Waals surface area (Å²) in [6.45, 7) is 0. The van der Waals surface area contributed by atoms with Crippen molar-refractivity contribution in [2.24, 2.45) is 0 Å². The summed E-state index contributed by atoms with van der Waals surface area (Å²) in [6.07, 6.45) is 2.31. The van der Waals surface area contributed by atoms with Crippen LogP contribution in [-0.4, -0.2) is 0 Å². The Hall–Kier alpha value is -1.53. The topological polar surface area (TPSA) is 0 Å². The molecule has 0 fully saturated rings. The predicted molar refractivity (Wildman–Crippen MR) is 73.9 cm³/mol. The number of aryl methyl sites for hydroxylation is 1. The maximum atomic E-state index is 6.30. The van der Waals surface area contributed by atoms with Gasteiger partial charge in [0.25, 0.3) is 0 Å². The van der Waals surface area contributed by atoms with Crippen LogP contribution in [0.1, 0.15) is 11.1 Å². The van der Waals surface area contributed by atoms with E-state index in [-0.39, 0.29) is 0 Å². The van der Waals surface area contributed by atoms with Gasteiger partial charge in [0.1, 0.15) is 0 Å². The van der Waals surface area contributed by atoms with E-state index in [9.17, 15) is 0 Å². The molecule has 0 nitrogen and oxygen atoms in total. The van der Waals surface area contributed by atoms with Crippen LogP contribution in [-0.2, 0) is 12.8 Å². The number of halogens is 1. The normalized spacial score (nSPS) is 13.7. The standard InChI is InChI=1S/C16H11Cl/c17-16-9-12-7-10-3-1-2-4-11(10)8-15(12)13-5-6-14(13)16/h1-4,7-9H,5-6H2. The van der Waals surface area contributed by atoms with Crippen LogP contribution in [0.2, 0.25) is 5.02 Å². The SMILES string of the molecule is Clc1cc2cc3ccccc3cc2c2c1CC2. The Balaban J connectivity index is 2.21. The molecule has 0 aliphatic heterocycles. The van der Waals surface area contributed by atoms with Gasteiger partial charge in [-0.15, -0.1) is 0 Å². The van der Waals surface area contributed by atoms with Crippen molar-refractivity contribution < 1.29 is 0 Å². The smallest absolute Gasteiger partial charge is 0.0447 e. The van der Waals surface area contributed by atoms with Gasteiger partial charge in [0, 0.05) is 5.02 Å². The van der Waals surface area contributed by atoms with Gasteiger partial charge in [0.15, 0.2) is 0 Å². The molecule has 3 aromatic rings. The highest BCUT2D eigenvalue weighted by Crippen LogP contribution is 2.38. The zero-order valence-electron chi connectivity index (χ0n) is 9.33. The molecule has 1 aliphatic rings. The van der Waals surface area contributed by atoms with Gasteiger partial charge in [-0.1, -0.05) is 35.9 Å². The molecule has 0 spiro atoms. The van der Waals surface area contributed by atoms with Gasteiger partial charge in [-0.2, -0.15) is 0 Å². The first kappa shape index (κ1) is 9.49. The number of rotatable bonds is 0. The van der Waals surface area contributed by atoms with Crippen LogP contribution in [0.25, 0.3) is 21.5 Å². The van der Waals surface area contributed by atoms with Crippen molar-refractivity contribution in [3.63, 3.8) is 0 Å². The average molecular weight is 239 g/mol. The molecule has 1 heteroatoms. The zero-order chi connectivity index (χ0) is 11.4. The second kappa shape index (κ2) is 3.24. The Morgan fingerprint density at radius 3 is 2.18 bits per heavy atom. The summed E-state index contributed by atoms with van der Waals surface area (Å²) in [6, 6.07) is 15.2. The van der Waals surface area contributed by atoms with Crippen molar-refractivity contribution in [1.82, 2.24) is 0 Å². The van der Waals surface area contributed by atoms with Crippen molar-refractivity contribution in [3.05, 3.63) is 58.6 Å². The molecule has 0 radical (unpaired) electrons. The highest BCUT2D eigenvalue weighted by Gasteiger charge is 2.19. The van der Waals surface area contributed by atoms with Crippen molar-refractivity contribution in [3.8, 4) is 0 Å². The number of fused-ring (bicyclic) bond motifs is 4. The molecule has 0 amide bonds. The van der Waals surface area contributed by atoms with Crippen LogP contribution < -0.4 is 0 Å². The molecule has 17 heavy (non-hydrogen) atoms. The lowest BCUT2D eigenvalue weighted by Gasteiger charge is -2.23. The summed E-state index contributed by atoms with van der Waals surface area (Å²) in [5, 5.41) is 6.20. The van der Waals surface area contributed by atoms with Crippen LogP contribution in [0, 0.1) is 0 Å². The first-order valence-corrected chi connectivity index (χ1v) is 6.33. The van der Waals surface area contributed by atoms with E-state index >= 15 is 0 Å². The van der Waals surface area contributed by atoms with Crippen molar-refractivity contribution >= 4 is 33.1 Å². The van der Waals surface area contributed by atoms with Crippen molar-refractivity contribution in [2.45, 2.75) is 12.8 Å². The largest absolute Gasteiger partial charge is 0.0840 e. The molecule has 0 aromatic heterocycles. The minimum Gasteiger partial charge on any atom is -0.0840 e. The fourth-order valence-electron chi connectivity index (χ4n) is 2.80. The van der Waals surface area contributed by atoms with E-state index in [2.05, 4.69) is 42.5 Å². The van der Waals surface area contributed by atoms with E-state index in [0.717, 1.165) is 11.4 Å². The quantitative estimate of drug-likeness (QED) is 0.496. The molecular formula is C16H11Cl. The first-order chi connectivity index (χ1) is 8.33. The molecule has 3 aromatic carbocycles. The van der Waals surface area contributed by atoms with Crippen LogP contribution in [0.5, 0.6) is 0 Å². The summed E-state index contributed by atoms with van der Waals surface area (Å²) < 4.78 is 0. The number of hydrogen-bond donors (Lipinski definition) is 0. The Morgan fingerprint density at radius 1 is 0.765 bits per heavy atom. The van der Waals surface area contributed by atoms with Gasteiger partial charge in [0.05, 0.1) is 0 Å². The summed E-state index contributed by atoms with van der Waals surface area (Å²) >= 11 is 6.30. The van der Waals surface area contributed by atoms with Crippen LogP contribution in [0.3, 0.4) is 0 Å². The minimum absolute atomic E-state index is 0.939. The lowest BCUT2D eigenvalue weighted by molar-refractivity contribution is 0.852. The van der Waals surface area contributed by atoms with E-state index in [4.69, 9.17) is 11.6 Å². The molecule has 82 valence electrons. The number of benzene rings is 3. The second-order valence-corrected chi connectivity index (χ2v) is 5.14. The van der Waals surface area contributed by atoms with Gasteiger partial charge in [-0.3, -0.25) is 0 Å². The first-order valence-electron chi connectivity index (χ1n) is 5.96. The van der Waals surface area contributed by atoms with Gasteiger partial charge < -0.3 is 0 Å². The highest BCUT2D eigenvalue weighted by atomic mass is 35.5. The molecule has 0 N–H and O–H groups in total. The third-order valence-corrected chi connectivity index (χ3v) is 4.14. The maximum absolute atomic E-state index is 6.30. The van der Waals surface area contributed by atoms with Crippen molar-refractivity contribution in [1.29, 1.82) is 0 Å². The van der Waals surface area contributed by atoms with Crippen LogP contribution in [0.4, 0.5) is 0 Å². The van der Waals surface area contributed by atoms with Gasteiger partial charge in [0.2, 0.25) is 0 Å². The van der Waals surface area contributed by atoms with Crippen LogP contribution in [0.15, 0.2) is 42.5 Å². The second-order valence-electron chi connectivity index (χ2n) is 4.74. The molecule has 0 atom stereocenters. The predicted octanol–water partition coefficient (Wildman–Crippen LogP) is 4.75. The average Bonchev–Trinajstić information content (AvgIpc) is 2.27. The molecule has 0 heterocycles. The maximum Gasteiger partial charge on any atom is 0.0447 e. The lowest BCUT2D eigenvalue weighted by atomic mass is 9.83. The Bertz CT molecular complexity index is 756. The number of hydrogen-bond acceptors (Lipinski definition) is 0. The minimum atomic E-state index is 0.939. The van der Waals surface area contributed by atoms with E-state index < -0.39 is 0 Å². The summed E-state index contributed by atoms with van der Waals surface area (Å²) in [5.74, 6) is 0. The van der Waals surface area contributed by atoms with Crippen LogP contribution >= 0.6 is 11.6 Å². The molecule has 1 aliphatic carbocycles. The summed E-state index contributed by atoms with van der Waals surface area (Å²) in [4.78, 5) is 0. The summed E-state index contributed by atoms with van der Waals surface area (Å²) in [5.41, 5.74) is 2.81. The third kappa shape index (κ3) is 1.25. The Labute approximate surface area is 105 Å². The zero-order valence-corrected chi connectivity index (χ0v) is 10.1. The fourth-order valence-corrected chi connectivity index (χ4v) is 3.12. The van der Waals surface area contributed by atoms with E-state index in [1.165, 1.54) is 39.1 Å². The monoisotopic (exact) mass is 238 g/mol. The van der Waals surface area contributed by atoms with E-state index in [0.29, 0.717) is 0 Å². The molecule has 4 rings (SSSR count). The third-order valence-electron chi connectivity index (χ3n) is 3.80. The molecule has 0 saturated heterocycles. The van der Waals surface area contributed by atoms with E-state index in [1.807, 2.05) is 0 Å². The Kier molecular flexibility index (Phi) is 1.81. The van der Waals surface area contributed by atoms with Gasteiger partial charge >= 0.3 is 0 Å². The highest BCUT2D eigenvalue weighted by molar-refractivity contribution is 6.32. The van der Waals surface area contributed by atoms with E-state index in [1.54, 1.807) is 0 Å². The molecule has 0 bridgehead atoms. The van der Waals surface area contributed by atoms with Gasteiger partial charge in [-0.05, 0) is 63.7 Å². The lowest BCUT2D eigenvalue weighted by Crippen LogP contribution is -2.09. The fraction of sp³-hybridized carbons (Fsp3) is 0.125. The Morgan fingerprint density at radius 2 is 1.47 bits per heavy atom.